The van der Waals surface area contributed by atoms with E-state index in [2.05, 4.69) is 15.2 Å². The molecule has 0 radical (unpaired) electrons. The van der Waals surface area contributed by atoms with Gasteiger partial charge in [0.2, 0.25) is 0 Å². The third-order valence-corrected chi connectivity index (χ3v) is 2.47. The Morgan fingerprint density at radius 3 is 2.88 bits per heavy atom. The van der Waals surface area contributed by atoms with E-state index in [0.717, 1.165) is 17.0 Å². The van der Waals surface area contributed by atoms with E-state index in [-0.39, 0.29) is 0 Å². The van der Waals surface area contributed by atoms with Gasteiger partial charge in [0.25, 0.3) is 0 Å². The number of rotatable bonds is 1. The molecule has 16 heavy (non-hydrogen) atoms. The number of fused-ring (bicyclic) bond motifs is 1. The lowest BCUT2D eigenvalue weighted by atomic mass is 10.2. The average molecular weight is 210 g/mol. The molecule has 0 unspecified atom stereocenters. The maximum absolute atomic E-state index is 4.18. The highest BCUT2D eigenvalue weighted by atomic mass is 15.2. The molecular formula is C12H10N4. The Labute approximate surface area is 92.6 Å². The zero-order valence-corrected chi connectivity index (χ0v) is 8.83. The highest BCUT2D eigenvalue weighted by Crippen LogP contribution is 2.17. The van der Waals surface area contributed by atoms with Crippen molar-refractivity contribution in [1.82, 2.24) is 19.6 Å². The number of aryl methyl sites for hydroxylation is 1. The minimum Gasteiger partial charge on any atom is -0.282 e. The van der Waals surface area contributed by atoms with Crippen LogP contribution in [0.1, 0.15) is 5.56 Å². The molecule has 0 bridgehead atoms. The van der Waals surface area contributed by atoms with Crippen molar-refractivity contribution in [2.24, 2.45) is 0 Å². The molecule has 3 heterocycles. The van der Waals surface area contributed by atoms with Gasteiger partial charge < -0.3 is 0 Å². The molecule has 0 fully saturated rings. The molecule has 3 rings (SSSR count). The quantitative estimate of drug-likeness (QED) is 0.617. The van der Waals surface area contributed by atoms with Crippen LogP contribution < -0.4 is 0 Å². The lowest BCUT2D eigenvalue weighted by Crippen LogP contribution is -1.90. The third kappa shape index (κ3) is 1.35. The molecule has 0 aromatic carbocycles. The van der Waals surface area contributed by atoms with Crippen LogP contribution in [0.4, 0.5) is 0 Å². The second kappa shape index (κ2) is 3.41. The molecule has 0 spiro atoms. The van der Waals surface area contributed by atoms with Crippen molar-refractivity contribution in [1.29, 1.82) is 0 Å². The Morgan fingerprint density at radius 1 is 1.12 bits per heavy atom. The van der Waals surface area contributed by atoms with Gasteiger partial charge in [-0.25, -0.2) is 0 Å². The average Bonchev–Trinajstić information content (AvgIpc) is 2.73. The minimum atomic E-state index is 0.826. The molecule has 0 aliphatic heterocycles. The maximum atomic E-state index is 4.18. The molecule has 0 aliphatic carbocycles. The zero-order chi connectivity index (χ0) is 11.0. The summed E-state index contributed by atoms with van der Waals surface area (Å²) in [5.74, 6) is 0.826. The first kappa shape index (κ1) is 9.03. The molecular weight excluding hydrogens is 200 g/mol. The minimum absolute atomic E-state index is 0.826. The SMILES string of the molecule is Cc1ccc2nnc(-c3cccnc3)n2c1. The molecule has 0 N–H and O–H groups in total. The van der Waals surface area contributed by atoms with Crippen LogP contribution in [0.5, 0.6) is 0 Å². The Hall–Kier alpha value is -2.23. The first-order valence-corrected chi connectivity index (χ1v) is 5.06. The number of hydrogen-bond donors (Lipinski definition) is 0. The fraction of sp³-hybridized carbons (Fsp3) is 0.0833. The monoisotopic (exact) mass is 210 g/mol. The predicted octanol–water partition coefficient (Wildman–Crippen LogP) is 2.10. The number of pyridine rings is 2. The van der Waals surface area contributed by atoms with Crippen molar-refractivity contribution in [3.05, 3.63) is 48.4 Å². The largest absolute Gasteiger partial charge is 0.282 e. The van der Waals surface area contributed by atoms with Gasteiger partial charge in [-0.15, -0.1) is 10.2 Å². The lowest BCUT2D eigenvalue weighted by Gasteiger charge is -1.99. The Kier molecular flexibility index (Phi) is 1.93. The summed E-state index contributed by atoms with van der Waals surface area (Å²) in [5.41, 5.74) is 3.00. The van der Waals surface area contributed by atoms with Gasteiger partial charge in [0.15, 0.2) is 11.5 Å². The fourth-order valence-electron chi connectivity index (χ4n) is 1.69. The van der Waals surface area contributed by atoms with Gasteiger partial charge in [0.1, 0.15) is 0 Å². The summed E-state index contributed by atoms with van der Waals surface area (Å²) in [4.78, 5) is 4.09. The second-order valence-electron chi connectivity index (χ2n) is 3.70. The summed E-state index contributed by atoms with van der Waals surface area (Å²) in [6.07, 6.45) is 5.56. The molecule has 3 aromatic heterocycles. The van der Waals surface area contributed by atoms with Crippen molar-refractivity contribution in [3.63, 3.8) is 0 Å². The van der Waals surface area contributed by atoms with Gasteiger partial charge in [-0.05, 0) is 30.7 Å². The van der Waals surface area contributed by atoms with E-state index in [0.29, 0.717) is 0 Å². The summed E-state index contributed by atoms with van der Waals surface area (Å²) >= 11 is 0. The number of hydrogen-bond acceptors (Lipinski definition) is 3. The van der Waals surface area contributed by atoms with Crippen LogP contribution in [0.3, 0.4) is 0 Å². The Bertz CT molecular complexity index is 628. The van der Waals surface area contributed by atoms with E-state index in [1.54, 1.807) is 12.4 Å². The van der Waals surface area contributed by atoms with E-state index >= 15 is 0 Å². The van der Waals surface area contributed by atoms with Gasteiger partial charge in [-0.3, -0.25) is 9.38 Å². The van der Waals surface area contributed by atoms with Crippen LogP contribution in [-0.4, -0.2) is 19.6 Å². The molecule has 0 saturated carbocycles. The van der Waals surface area contributed by atoms with Gasteiger partial charge in [-0.1, -0.05) is 6.07 Å². The van der Waals surface area contributed by atoms with Gasteiger partial charge in [0.05, 0.1) is 0 Å². The molecule has 0 amide bonds. The zero-order valence-electron chi connectivity index (χ0n) is 8.83. The molecule has 0 saturated heterocycles. The molecule has 0 aliphatic rings. The Balaban J connectivity index is 2.29. The van der Waals surface area contributed by atoms with Gasteiger partial charge in [-0.2, -0.15) is 0 Å². The third-order valence-electron chi connectivity index (χ3n) is 2.47. The highest BCUT2D eigenvalue weighted by molar-refractivity contribution is 5.58. The van der Waals surface area contributed by atoms with Crippen molar-refractivity contribution >= 4 is 5.65 Å². The van der Waals surface area contributed by atoms with Crippen LogP contribution in [0.25, 0.3) is 17.0 Å². The fourth-order valence-corrected chi connectivity index (χ4v) is 1.69. The van der Waals surface area contributed by atoms with E-state index in [4.69, 9.17) is 0 Å². The van der Waals surface area contributed by atoms with E-state index < -0.39 is 0 Å². The van der Waals surface area contributed by atoms with Crippen molar-refractivity contribution < 1.29 is 0 Å². The van der Waals surface area contributed by atoms with Crippen molar-refractivity contribution in [3.8, 4) is 11.4 Å². The molecule has 0 atom stereocenters. The van der Waals surface area contributed by atoms with Crippen LogP contribution in [0, 0.1) is 6.92 Å². The second-order valence-corrected chi connectivity index (χ2v) is 3.70. The van der Waals surface area contributed by atoms with Crippen LogP contribution in [0.15, 0.2) is 42.9 Å². The first-order valence-electron chi connectivity index (χ1n) is 5.06. The molecule has 4 nitrogen and oxygen atoms in total. The van der Waals surface area contributed by atoms with E-state index in [1.807, 2.05) is 41.8 Å². The normalized spacial score (nSPS) is 10.8. The predicted molar refractivity (Wildman–Crippen MR) is 61.0 cm³/mol. The topological polar surface area (TPSA) is 43.1 Å². The number of nitrogens with zero attached hydrogens (tertiary/aromatic N) is 4. The van der Waals surface area contributed by atoms with Crippen LogP contribution in [0.2, 0.25) is 0 Å². The maximum Gasteiger partial charge on any atom is 0.169 e. The van der Waals surface area contributed by atoms with Crippen LogP contribution in [-0.2, 0) is 0 Å². The van der Waals surface area contributed by atoms with E-state index in [9.17, 15) is 0 Å². The van der Waals surface area contributed by atoms with E-state index in [1.165, 1.54) is 5.56 Å². The summed E-state index contributed by atoms with van der Waals surface area (Å²) in [6, 6.07) is 7.86. The van der Waals surface area contributed by atoms with Crippen molar-refractivity contribution in [2.75, 3.05) is 0 Å². The summed E-state index contributed by atoms with van der Waals surface area (Å²) < 4.78 is 1.98. The lowest BCUT2D eigenvalue weighted by molar-refractivity contribution is 1.10. The Morgan fingerprint density at radius 2 is 2.06 bits per heavy atom. The van der Waals surface area contributed by atoms with Gasteiger partial charge >= 0.3 is 0 Å². The molecule has 78 valence electrons. The number of aromatic nitrogens is 4. The molecule has 3 aromatic rings. The van der Waals surface area contributed by atoms with Crippen LogP contribution >= 0.6 is 0 Å². The van der Waals surface area contributed by atoms with Gasteiger partial charge in [0, 0.05) is 24.2 Å². The molecule has 4 heteroatoms. The van der Waals surface area contributed by atoms with Crippen molar-refractivity contribution in [2.45, 2.75) is 6.92 Å². The summed E-state index contributed by atoms with van der Waals surface area (Å²) in [6.45, 7) is 2.05. The highest BCUT2D eigenvalue weighted by Gasteiger charge is 2.07. The summed E-state index contributed by atoms with van der Waals surface area (Å²) in [5, 5.41) is 8.30. The smallest absolute Gasteiger partial charge is 0.169 e. The summed E-state index contributed by atoms with van der Waals surface area (Å²) in [7, 11) is 0. The standard InChI is InChI=1S/C12H10N4/c1-9-4-5-11-14-15-12(16(11)8-9)10-3-2-6-13-7-10/h2-8H,1H3. The first-order chi connectivity index (χ1) is 7.84.